The fourth-order valence-corrected chi connectivity index (χ4v) is 1.97. The number of rotatable bonds is 3. The summed E-state index contributed by atoms with van der Waals surface area (Å²) in [6.07, 6.45) is 0.496. The highest BCUT2D eigenvalue weighted by atomic mass is 35.5. The number of likely N-dealkylation sites (N-methyl/N-ethyl adjacent to an activating group) is 1. The minimum absolute atomic E-state index is 0.155. The molecule has 1 amide bonds. The Bertz CT molecular complexity index is 392. The Balaban J connectivity index is 2.27. The van der Waals surface area contributed by atoms with E-state index in [1.807, 2.05) is 25.2 Å². The van der Waals surface area contributed by atoms with E-state index in [1.165, 1.54) is 0 Å². The summed E-state index contributed by atoms with van der Waals surface area (Å²) < 4.78 is 0. The zero-order valence-corrected chi connectivity index (χ0v) is 9.34. The zero-order chi connectivity index (χ0) is 10.8. The standard InChI is InChI=1S/C11H13ClN2O/c1-13-4-5-14-10-7-9(12)3-2-8(10)6-11(14)15/h2-3,7,13H,4-6H2,1H3. The number of nitrogens with zero attached hydrogens (tertiary/aromatic N) is 1. The van der Waals surface area contributed by atoms with Gasteiger partial charge in [-0.15, -0.1) is 0 Å². The molecule has 0 saturated heterocycles. The third-order valence-electron chi connectivity index (χ3n) is 2.57. The van der Waals surface area contributed by atoms with Crippen molar-refractivity contribution in [1.82, 2.24) is 5.32 Å². The van der Waals surface area contributed by atoms with Crippen molar-refractivity contribution in [2.45, 2.75) is 6.42 Å². The first-order valence-electron chi connectivity index (χ1n) is 4.96. The van der Waals surface area contributed by atoms with Gasteiger partial charge in [-0.25, -0.2) is 0 Å². The highest BCUT2D eigenvalue weighted by Gasteiger charge is 2.26. The molecule has 0 fully saturated rings. The van der Waals surface area contributed by atoms with E-state index in [0.717, 1.165) is 17.8 Å². The van der Waals surface area contributed by atoms with Gasteiger partial charge in [-0.05, 0) is 24.7 Å². The number of anilines is 1. The lowest BCUT2D eigenvalue weighted by molar-refractivity contribution is -0.117. The van der Waals surface area contributed by atoms with Crippen LogP contribution in [0.15, 0.2) is 18.2 Å². The summed E-state index contributed by atoms with van der Waals surface area (Å²) in [4.78, 5) is 13.5. The third kappa shape index (κ3) is 1.98. The maximum absolute atomic E-state index is 11.7. The van der Waals surface area contributed by atoms with Crippen molar-refractivity contribution in [3.63, 3.8) is 0 Å². The largest absolute Gasteiger partial charge is 0.318 e. The number of hydrogen-bond acceptors (Lipinski definition) is 2. The van der Waals surface area contributed by atoms with E-state index in [1.54, 1.807) is 4.90 Å². The Morgan fingerprint density at radius 1 is 1.53 bits per heavy atom. The summed E-state index contributed by atoms with van der Waals surface area (Å²) in [6.45, 7) is 1.49. The second kappa shape index (κ2) is 4.21. The topological polar surface area (TPSA) is 32.3 Å². The lowest BCUT2D eigenvalue weighted by Crippen LogP contribution is -2.33. The summed E-state index contributed by atoms with van der Waals surface area (Å²) in [5.74, 6) is 0.155. The minimum atomic E-state index is 0.155. The number of benzene rings is 1. The average molecular weight is 225 g/mol. The van der Waals surface area contributed by atoms with Gasteiger partial charge in [0.25, 0.3) is 0 Å². The Kier molecular flexibility index (Phi) is 2.93. The van der Waals surface area contributed by atoms with Crippen molar-refractivity contribution in [1.29, 1.82) is 0 Å². The molecule has 1 aromatic carbocycles. The van der Waals surface area contributed by atoms with Crippen molar-refractivity contribution < 1.29 is 4.79 Å². The lowest BCUT2D eigenvalue weighted by atomic mass is 10.2. The molecule has 0 bridgehead atoms. The fraction of sp³-hybridized carbons (Fsp3) is 0.364. The van der Waals surface area contributed by atoms with Crippen LogP contribution in [0.1, 0.15) is 5.56 Å². The van der Waals surface area contributed by atoms with Gasteiger partial charge in [0.05, 0.1) is 6.42 Å². The van der Waals surface area contributed by atoms with Gasteiger partial charge in [-0.2, -0.15) is 0 Å². The summed E-state index contributed by atoms with van der Waals surface area (Å²) in [6, 6.07) is 5.61. The first-order chi connectivity index (χ1) is 7.22. The molecule has 0 saturated carbocycles. The summed E-state index contributed by atoms with van der Waals surface area (Å²) in [7, 11) is 1.87. The molecule has 0 radical (unpaired) electrons. The molecule has 15 heavy (non-hydrogen) atoms. The molecule has 1 heterocycles. The highest BCUT2D eigenvalue weighted by Crippen LogP contribution is 2.30. The van der Waals surface area contributed by atoms with Crippen LogP contribution in [0.4, 0.5) is 5.69 Å². The molecule has 1 aliphatic heterocycles. The van der Waals surface area contributed by atoms with Gasteiger partial charge in [0.1, 0.15) is 0 Å². The van der Waals surface area contributed by atoms with E-state index in [9.17, 15) is 4.79 Å². The second-order valence-corrected chi connectivity index (χ2v) is 4.04. The van der Waals surface area contributed by atoms with Crippen molar-refractivity contribution in [3.05, 3.63) is 28.8 Å². The Labute approximate surface area is 94.0 Å². The van der Waals surface area contributed by atoms with Crippen molar-refractivity contribution in [2.75, 3.05) is 25.0 Å². The van der Waals surface area contributed by atoms with Gasteiger partial charge < -0.3 is 10.2 Å². The second-order valence-electron chi connectivity index (χ2n) is 3.60. The van der Waals surface area contributed by atoms with Gasteiger partial charge in [-0.3, -0.25) is 4.79 Å². The van der Waals surface area contributed by atoms with E-state index < -0.39 is 0 Å². The number of nitrogens with one attached hydrogen (secondary N) is 1. The first kappa shape index (κ1) is 10.5. The van der Waals surface area contributed by atoms with E-state index in [2.05, 4.69) is 5.32 Å². The molecular weight excluding hydrogens is 212 g/mol. The number of fused-ring (bicyclic) bond motifs is 1. The van der Waals surface area contributed by atoms with Crippen LogP contribution in [0, 0.1) is 0 Å². The summed E-state index contributed by atoms with van der Waals surface area (Å²) >= 11 is 5.92. The summed E-state index contributed by atoms with van der Waals surface area (Å²) in [5.41, 5.74) is 2.03. The SMILES string of the molecule is CNCCN1C(=O)Cc2ccc(Cl)cc21. The van der Waals surface area contributed by atoms with Gasteiger partial charge in [0.15, 0.2) is 0 Å². The van der Waals surface area contributed by atoms with E-state index >= 15 is 0 Å². The quantitative estimate of drug-likeness (QED) is 0.843. The van der Waals surface area contributed by atoms with E-state index in [0.29, 0.717) is 18.0 Å². The monoisotopic (exact) mass is 224 g/mol. The molecule has 1 aromatic rings. The van der Waals surface area contributed by atoms with Crippen LogP contribution in [0.25, 0.3) is 0 Å². The Morgan fingerprint density at radius 3 is 3.07 bits per heavy atom. The number of halogens is 1. The highest BCUT2D eigenvalue weighted by molar-refractivity contribution is 6.31. The van der Waals surface area contributed by atoms with Crippen LogP contribution in [-0.2, 0) is 11.2 Å². The van der Waals surface area contributed by atoms with E-state index in [4.69, 9.17) is 11.6 Å². The molecule has 0 atom stereocenters. The molecule has 1 aliphatic rings. The number of carbonyl (C=O) groups is 1. The normalized spacial score (nSPS) is 14.5. The van der Waals surface area contributed by atoms with Crippen LogP contribution >= 0.6 is 11.6 Å². The van der Waals surface area contributed by atoms with E-state index in [-0.39, 0.29) is 5.91 Å². The maximum Gasteiger partial charge on any atom is 0.231 e. The fourth-order valence-electron chi connectivity index (χ4n) is 1.80. The molecule has 4 heteroatoms. The number of carbonyl (C=O) groups excluding carboxylic acids is 1. The first-order valence-corrected chi connectivity index (χ1v) is 5.33. The average Bonchev–Trinajstić information content (AvgIpc) is 2.51. The smallest absolute Gasteiger partial charge is 0.231 e. The van der Waals surface area contributed by atoms with Crippen LogP contribution in [0.2, 0.25) is 5.02 Å². The molecule has 2 rings (SSSR count). The molecule has 3 nitrogen and oxygen atoms in total. The maximum atomic E-state index is 11.7. The van der Waals surface area contributed by atoms with Crippen LogP contribution < -0.4 is 10.2 Å². The van der Waals surface area contributed by atoms with Gasteiger partial charge >= 0.3 is 0 Å². The van der Waals surface area contributed by atoms with Crippen molar-refractivity contribution >= 4 is 23.2 Å². The van der Waals surface area contributed by atoms with Crippen LogP contribution in [0.3, 0.4) is 0 Å². The van der Waals surface area contributed by atoms with Crippen LogP contribution in [0.5, 0.6) is 0 Å². The zero-order valence-electron chi connectivity index (χ0n) is 8.59. The predicted molar refractivity (Wildman–Crippen MR) is 61.4 cm³/mol. The molecule has 80 valence electrons. The number of amides is 1. The van der Waals surface area contributed by atoms with Gasteiger partial charge in [-0.1, -0.05) is 17.7 Å². The lowest BCUT2D eigenvalue weighted by Gasteiger charge is -2.17. The molecule has 0 spiro atoms. The molecular formula is C11H13ClN2O. The van der Waals surface area contributed by atoms with Crippen molar-refractivity contribution in [3.8, 4) is 0 Å². The third-order valence-corrected chi connectivity index (χ3v) is 2.80. The predicted octanol–water partition coefficient (Wildman–Crippen LogP) is 1.45. The Morgan fingerprint density at radius 2 is 2.33 bits per heavy atom. The minimum Gasteiger partial charge on any atom is -0.318 e. The molecule has 1 N–H and O–H groups in total. The Hall–Kier alpha value is -1.06. The van der Waals surface area contributed by atoms with Crippen molar-refractivity contribution in [2.24, 2.45) is 0 Å². The van der Waals surface area contributed by atoms with Crippen LogP contribution in [-0.4, -0.2) is 26.0 Å². The molecule has 0 aromatic heterocycles. The number of hydrogen-bond donors (Lipinski definition) is 1. The van der Waals surface area contributed by atoms with Gasteiger partial charge in [0, 0.05) is 23.8 Å². The van der Waals surface area contributed by atoms with Gasteiger partial charge in [0.2, 0.25) is 5.91 Å². The molecule has 0 aliphatic carbocycles. The molecule has 0 unspecified atom stereocenters. The summed E-state index contributed by atoms with van der Waals surface area (Å²) in [5, 5.41) is 3.71.